The summed E-state index contributed by atoms with van der Waals surface area (Å²) in [5, 5.41) is 24.2. The summed E-state index contributed by atoms with van der Waals surface area (Å²) < 4.78 is 17.3. The fourth-order valence-corrected chi connectivity index (χ4v) is 4.65. The van der Waals surface area contributed by atoms with Crippen molar-refractivity contribution in [1.29, 1.82) is 0 Å². The minimum atomic E-state index is -0.722. The highest BCUT2D eigenvalue weighted by Gasteiger charge is 2.18. The Morgan fingerprint density at radius 1 is 1.03 bits per heavy atom. The van der Waals surface area contributed by atoms with Crippen LogP contribution in [0.1, 0.15) is 74.1 Å². The van der Waals surface area contributed by atoms with Crippen molar-refractivity contribution in [1.82, 2.24) is 5.32 Å². The lowest BCUT2D eigenvalue weighted by atomic mass is 9.97. The number of carbonyl (C=O) groups is 1. The molecule has 0 saturated carbocycles. The van der Waals surface area contributed by atoms with E-state index >= 15 is 0 Å². The average molecular weight is 524 g/mol. The van der Waals surface area contributed by atoms with Crippen LogP contribution >= 0.6 is 0 Å². The van der Waals surface area contributed by atoms with Crippen LogP contribution in [0.2, 0.25) is 0 Å². The largest absolute Gasteiger partial charge is 0.504 e. The molecule has 0 aliphatic heterocycles. The number of aromatic hydroxyl groups is 1. The van der Waals surface area contributed by atoms with Gasteiger partial charge in [0.05, 0.1) is 25.9 Å². The summed E-state index contributed by atoms with van der Waals surface area (Å²) in [5.74, 6) is 7.93. The molecule has 3 rings (SSSR count). The van der Waals surface area contributed by atoms with Gasteiger partial charge >= 0.3 is 0 Å². The number of hydrogen-bond donors (Lipinski definition) is 3. The standard InChI is InChI=1S/C31H41NO6/c1-4-5-6-7-17-32-21-38-30-24-9-8-10-27-23(13-16-28(35)31(27)37-3)12-15-26(34)20-25(33)14-11-22(18-24)19-29(30)36-2/h13,16,18-19,25,32-33,35H,4-7,9,11-12,14-15,17,20-21H2,1-3H3. The quantitative estimate of drug-likeness (QED) is 0.236. The Balaban J connectivity index is 1.93. The number of phenolic OH excluding ortho intramolecular Hbond substituents is 1. The molecule has 0 fully saturated rings. The first-order valence-electron chi connectivity index (χ1n) is 13.6. The minimum absolute atomic E-state index is 0.00193. The van der Waals surface area contributed by atoms with E-state index in [1.165, 1.54) is 26.4 Å². The van der Waals surface area contributed by atoms with E-state index < -0.39 is 6.10 Å². The van der Waals surface area contributed by atoms with Crippen LogP contribution in [-0.4, -0.2) is 49.6 Å². The lowest BCUT2D eigenvalue weighted by molar-refractivity contribution is -0.121. The second-order valence-corrected chi connectivity index (χ2v) is 9.70. The number of carbonyl (C=O) groups excluding carboxylic acids is 1. The lowest BCUT2D eigenvalue weighted by Gasteiger charge is -2.17. The molecule has 38 heavy (non-hydrogen) atoms. The summed E-state index contributed by atoms with van der Waals surface area (Å²) >= 11 is 0. The van der Waals surface area contributed by atoms with Crippen LogP contribution in [0.3, 0.4) is 0 Å². The third kappa shape index (κ3) is 8.41. The van der Waals surface area contributed by atoms with Gasteiger partial charge in [0.2, 0.25) is 0 Å². The van der Waals surface area contributed by atoms with Crippen molar-refractivity contribution in [3.8, 4) is 34.8 Å². The second-order valence-electron chi connectivity index (χ2n) is 9.70. The molecule has 206 valence electrons. The Morgan fingerprint density at radius 2 is 1.87 bits per heavy atom. The molecule has 0 spiro atoms. The Morgan fingerprint density at radius 3 is 2.63 bits per heavy atom. The number of ketones is 1. The summed E-state index contributed by atoms with van der Waals surface area (Å²) in [4.78, 5) is 12.6. The van der Waals surface area contributed by atoms with E-state index in [4.69, 9.17) is 14.2 Å². The van der Waals surface area contributed by atoms with E-state index in [1.54, 1.807) is 19.2 Å². The van der Waals surface area contributed by atoms with Gasteiger partial charge in [-0.05, 0) is 55.5 Å². The first-order valence-corrected chi connectivity index (χ1v) is 13.6. The Hall–Kier alpha value is -3.21. The highest BCUT2D eigenvalue weighted by atomic mass is 16.5. The van der Waals surface area contributed by atoms with E-state index in [1.807, 2.05) is 12.1 Å². The maximum atomic E-state index is 12.6. The van der Waals surface area contributed by atoms with Crippen LogP contribution in [0.15, 0.2) is 24.3 Å². The number of benzene rings is 2. The van der Waals surface area contributed by atoms with Crippen molar-refractivity contribution in [2.45, 2.75) is 77.2 Å². The van der Waals surface area contributed by atoms with Crippen molar-refractivity contribution in [2.24, 2.45) is 0 Å². The third-order valence-corrected chi connectivity index (χ3v) is 6.76. The Kier molecular flexibility index (Phi) is 11.8. The van der Waals surface area contributed by atoms with Crippen molar-refractivity contribution in [3.05, 3.63) is 46.5 Å². The van der Waals surface area contributed by atoms with Crippen LogP contribution in [-0.2, 0) is 24.1 Å². The number of phenols is 1. The summed E-state index contributed by atoms with van der Waals surface area (Å²) in [6, 6.07) is 7.29. The van der Waals surface area contributed by atoms with Crippen molar-refractivity contribution < 1.29 is 29.2 Å². The number of unbranched alkanes of at least 4 members (excludes halogenated alkanes) is 3. The van der Waals surface area contributed by atoms with Gasteiger partial charge in [0.1, 0.15) is 12.5 Å². The van der Waals surface area contributed by atoms with Gasteiger partial charge in [-0.15, -0.1) is 0 Å². The Bertz CT molecular complexity index is 1130. The normalized spacial score (nSPS) is 15.9. The monoisotopic (exact) mass is 523 g/mol. The summed E-state index contributed by atoms with van der Waals surface area (Å²) in [6.45, 7) is 3.43. The van der Waals surface area contributed by atoms with Gasteiger partial charge in [-0.25, -0.2) is 0 Å². The van der Waals surface area contributed by atoms with E-state index in [2.05, 4.69) is 24.1 Å². The first kappa shape index (κ1) is 29.3. The van der Waals surface area contributed by atoms with Gasteiger partial charge < -0.3 is 24.4 Å². The molecule has 7 nitrogen and oxygen atoms in total. The molecule has 2 bridgehead atoms. The molecular weight excluding hydrogens is 482 g/mol. The fraction of sp³-hybridized carbons (Fsp3) is 0.516. The smallest absolute Gasteiger partial charge is 0.176 e. The highest BCUT2D eigenvalue weighted by molar-refractivity contribution is 5.79. The maximum Gasteiger partial charge on any atom is 0.176 e. The molecule has 1 unspecified atom stereocenters. The molecule has 0 heterocycles. The van der Waals surface area contributed by atoms with Crippen LogP contribution < -0.4 is 19.5 Å². The van der Waals surface area contributed by atoms with Crippen molar-refractivity contribution in [3.63, 3.8) is 0 Å². The van der Waals surface area contributed by atoms with Crippen molar-refractivity contribution in [2.75, 3.05) is 27.5 Å². The van der Waals surface area contributed by atoms with Crippen LogP contribution in [0.5, 0.6) is 23.0 Å². The number of hydrogen-bond acceptors (Lipinski definition) is 7. The second kappa shape index (κ2) is 15.3. The number of aliphatic hydroxyl groups excluding tert-OH is 1. The topological polar surface area (TPSA) is 97.2 Å². The highest BCUT2D eigenvalue weighted by Crippen LogP contribution is 2.35. The van der Waals surface area contributed by atoms with E-state index in [0.717, 1.165) is 29.7 Å². The lowest BCUT2D eigenvalue weighted by Crippen LogP contribution is -2.22. The Labute approximate surface area is 226 Å². The van der Waals surface area contributed by atoms with Gasteiger partial charge in [0.15, 0.2) is 23.0 Å². The minimum Gasteiger partial charge on any atom is -0.504 e. The maximum absolute atomic E-state index is 12.6. The fourth-order valence-electron chi connectivity index (χ4n) is 4.65. The molecule has 0 aromatic heterocycles. The van der Waals surface area contributed by atoms with E-state index in [-0.39, 0.29) is 24.4 Å². The zero-order valence-corrected chi connectivity index (χ0v) is 22.9. The number of aliphatic hydroxyl groups is 1. The summed E-state index contributed by atoms with van der Waals surface area (Å²) in [7, 11) is 3.10. The van der Waals surface area contributed by atoms with Crippen LogP contribution in [0.4, 0.5) is 0 Å². The van der Waals surface area contributed by atoms with Gasteiger partial charge in [0, 0.05) is 24.8 Å². The number of fused-ring (bicyclic) bond motifs is 3. The molecule has 2 aromatic carbocycles. The zero-order chi connectivity index (χ0) is 27.3. The summed E-state index contributed by atoms with van der Waals surface area (Å²) in [5.41, 5.74) is 3.24. The average Bonchev–Trinajstić information content (AvgIpc) is 2.91. The van der Waals surface area contributed by atoms with E-state index in [0.29, 0.717) is 55.2 Å². The zero-order valence-electron chi connectivity index (χ0n) is 22.9. The van der Waals surface area contributed by atoms with Crippen LogP contribution in [0.25, 0.3) is 0 Å². The van der Waals surface area contributed by atoms with Gasteiger partial charge in [-0.3, -0.25) is 10.1 Å². The van der Waals surface area contributed by atoms with Crippen molar-refractivity contribution >= 4 is 5.78 Å². The molecule has 0 amide bonds. The molecular formula is C31H41NO6. The van der Waals surface area contributed by atoms with E-state index in [9.17, 15) is 15.0 Å². The van der Waals surface area contributed by atoms with Gasteiger partial charge in [0.25, 0.3) is 0 Å². The number of rotatable bonds is 10. The molecule has 1 aliphatic rings. The molecule has 3 N–H and O–H groups in total. The number of Topliss-reactive ketones (excluding diaryl/α,β-unsaturated/α-hetero) is 1. The summed E-state index contributed by atoms with van der Waals surface area (Å²) in [6.07, 6.45) is 6.30. The molecule has 1 aliphatic carbocycles. The predicted molar refractivity (Wildman–Crippen MR) is 148 cm³/mol. The number of methoxy groups -OCH3 is 2. The van der Waals surface area contributed by atoms with Gasteiger partial charge in [-0.2, -0.15) is 0 Å². The molecule has 1 atom stereocenters. The number of ether oxygens (including phenoxy) is 3. The third-order valence-electron chi connectivity index (χ3n) is 6.76. The molecule has 0 saturated heterocycles. The number of nitrogens with one attached hydrogen (secondary N) is 1. The number of aryl methyl sites for hydroxylation is 2. The SMILES string of the molecule is CCCCCCNCOc1c2cc(cc1OC)CCC(O)CC(=O)CCc1ccc(O)c(OC)c1C#CC2. The predicted octanol–water partition coefficient (Wildman–Crippen LogP) is 4.71. The molecule has 0 radical (unpaired) electrons. The van der Waals surface area contributed by atoms with Gasteiger partial charge in [-0.1, -0.05) is 50.2 Å². The molecule has 2 aromatic rings. The first-order chi connectivity index (χ1) is 18.5. The van der Waals surface area contributed by atoms with Crippen LogP contribution in [0, 0.1) is 11.8 Å². The molecule has 7 heteroatoms.